The lowest BCUT2D eigenvalue weighted by Gasteiger charge is -2.26. The fraction of sp³-hybridized carbons (Fsp3) is 0.333. The van der Waals surface area contributed by atoms with Gasteiger partial charge in [0.25, 0.3) is 5.91 Å². The Hall–Kier alpha value is -3.67. The van der Waals surface area contributed by atoms with E-state index in [0.29, 0.717) is 22.3 Å². The van der Waals surface area contributed by atoms with Crippen molar-refractivity contribution in [3.63, 3.8) is 0 Å². The van der Waals surface area contributed by atoms with Crippen molar-refractivity contribution in [1.29, 1.82) is 0 Å². The largest absolute Gasteiger partial charge is 0.443 e. The topological polar surface area (TPSA) is 107 Å². The van der Waals surface area contributed by atoms with Gasteiger partial charge in [0.1, 0.15) is 16.2 Å². The summed E-state index contributed by atoms with van der Waals surface area (Å²) in [6.45, 7) is 8.44. The summed E-state index contributed by atoms with van der Waals surface area (Å²) in [5, 5.41) is 3.63. The zero-order valence-corrected chi connectivity index (χ0v) is 27.3. The molecular weight excluding hydrogens is 646 g/mol. The molecule has 3 aromatic carbocycles. The van der Waals surface area contributed by atoms with E-state index >= 15 is 0 Å². The van der Waals surface area contributed by atoms with Crippen LogP contribution in [0.3, 0.4) is 0 Å². The first kappa shape index (κ1) is 30.4. The number of carbonyl (C=O) groups is 2. The lowest BCUT2D eigenvalue weighted by atomic mass is 9.99. The first-order chi connectivity index (χ1) is 20.9. The third-order valence-electron chi connectivity index (χ3n) is 7.80. The maximum Gasteiger partial charge on any atom is 0.419 e. The van der Waals surface area contributed by atoms with Gasteiger partial charge in [-0.05, 0) is 107 Å². The van der Waals surface area contributed by atoms with Crippen molar-refractivity contribution in [2.24, 2.45) is 0 Å². The molecule has 0 radical (unpaired) electrons. The quantitative estimate of drug-likeness (QED) is 0.222. The molecule has 1 amide bonds. The third-order valence-corrected chi connectivity index (χ3v) is 9.57. The predicted octanol–water partition coefficient (Wildman–Crippen LogP) is 6.85. The van der Waals surface area contributed by atoms with E-state index in [9.17, 15) is 18.0 Å². The Labute approximate surface area is 265 Å². The van der Waals surface area contributed by atoms with Crippen LogP contribution in [0.2, 0.25) is 0 Å². The van der Waals surface area contributed by atoms with Crippen LogP contribution in [0.5, 0.6) is 5.75 Å². The molecule has 0 unspecified atom stereocenters. The molecule has 1 aromatic heterocycles. The number of hydrogen-bond donors (Lipinski definition) is 1. The SMILES string of the molecule is CC(C)(C)OC(=O)n1c(-c2ccc(OS(=O)(=O)c3ccc(Br)cc3)c3c2C(=O)NC3)cc2cc(CN3CCCCC3)ccc21. The molecular formula is C33H34BrN3O6S. The number of aromatic nitrogens is 1. The molecule has 0 aliphatic carbocycles. The van der Waals surface area contributed by atoms with Crippen molar-refractivity contribution in [3.8, 4) is 17.0 Å². The van der Waals surface area contributed by atoms with Crippen LogP contribution in [0.1, 0.15) is 61.5 Å². The molecule has 3 heterocycles. The van der Waals surface area contributed by atoms with Gasteiger partial charge in [-0.3, -0.25) is 9.69 Å². The number of fused-ring (bicyclic) bond motifs is 2. The summed E-state index contributed by atoms with van der Waals surface area (Å²) in [4.78, 5) is 29.3. The summed E-state index contributed by atoms with van der Waals surface area (Å²) in [6.07, 6.45) is 3.07. The molecule has 2 aliphatic rings. The van der Waals surface area contributed by atoms with E-state index in [2.05, 4.69) is 32.2 Å². The third kappa shape index (κ3) is 6.13. The summed E-state index contributed by atoms with van der Waals surface area (Å²) in [5.74, 6) is -0.331. The molecule has 44 heavy (non-hydrogen) atoms. The van der Waals surface area contributed by atoms with Gasteiger partial charge < -0.3 is 14.2 Å². The zero-order chi connectivity index (χ0) is 31.2. The fourth-order valence-electron chi connectivity index (χ4n) is 5.82. The molecule has 0 saturated carbocycles. The second kappa shape index (κ2) is 11.7. The molecule has 1 N–H and O–H groups in total. The fourth-order valence-corrected chi connectivity index (χ4v) is 7.04. The Bertz CT molecular complexity index is 1870. The molecule has 0 spiro atoms. The number of piperidine rings is 1. The van der Waals surface area contributed by atoms with Gasteiger partial charge in [-0.15, -0.1) is 0 Å². The standard InChI is InChI=1S/C33H34BrN3O6S/c1-33(2,3)42-32(39)37-27-13-7-21(20-36-15-5-4-6-16-36)17-22(27)18-28(37)25-12-14-29(26-19-35-31(38)30(25)26)43-44(40,41)24-10-8-23(34)9-11-24/h7-14,17-18H,4-6,15-16,19-20H2,1-3H3,(H,35,38). The lowest BCUT2D eigenvalue weighted by Crippen LogP contribution is -2.29. The van der Waals surface area contributed by atoms with E-state index in [1.807, 2.05) is 18.2 Å². The monoisotopic (exact) mass is 679 g/mol. The normalized spacial score (nSPS) is 15.7. The van der Waals surface area contributed by atoms with E-state index in [1.54, 1.807) is 39.0 Å². The van der Waals surface area contributed by atoms with Gasteiger partial charge in [0.15, 0.2) is 0 Å². The predicted molar refractivity (Wildman–Crippen MR) is 171 cm³/mol. The Kier molecular flexibility index (Phi) is 8.06. The van der Waals surface area contributed by atoms with Crippen molar-refractivity contribution in [2.75, 3.05) is 13.1 Å². The van der Waals surface area contributed by atoms with E-state index in [4.69, 9.17) is 8.92 Å². The minimum Gasteiger partial charge on any atom is -0.443 e. The molecule has 0 atom stereocenters. The van der Waals surface area contributed by atoms with Crippen LogP contribution < -0.4 is 9.50 Å². The number of nitrogens with one attached hydrogen (secondary N) is 1. The Morgan fingerprint density at radius 2 is 1.70 bits per heavy atom. The van der Waals surface area contributed by atoms with Gasteiger partial charge in [0.2, 0.25) is 0 Å². The van der Waals surface area contributed by atoms with E-state index in [0.717, 1.165) is 35.1 Å². The van der Waals surface area contributed by atoms with Gasteiger partial charge in [0, 0.05) is 34.1 Å². The number of carbonyl (C=O) groups excluding carboxylic acids is 2. The first-order valence-electron chi connectivity index (χ1n) is 14.6. The minimum absolute atomic E-state index is 0.0128. The Balaban J connectivity index is 1.45. The molecule has 0 bridgehead atoms. The maximum absolute atomic E-state index is 13.7. The first-order valence-corrected chi connectivity index (χ1v) is 16.8. The highest BCUT2D eigenvalue weighted by atomic mass is 79.9. The molecule has 230 valence electrons. The Morgan fingerprint density at radius 3 is 2.41 bits per heavy atom. The highest BCUT2D eigenvalue weighted by Crippen LogP contribution is 2.39. The number of likely N-dealkylation sites (tertiary alicyclic amines) is 1. The van der Waals surface area contributed by atoms with Gasteiger partial charge in [-0.1, -0.05) is 28.4 Å². The van der Waals surface area contributed by atoms with E-state index < -0.39 is 21.8 Å². The number of nitrogens with zero attached hydrogens (tertiary/aromatic N) is 2. The molecule has 4 aromatic rings. The number of hydrogen-bond acceptors (Lipinski definition) is 7. The van der Waals surface area contributed by atoms with Crippen molar-refractivity contribution in [3.05, 3.63) is 81.8 Å². The van der Waals surface area contributed by atoms with Crippen LogP contribution in [0.4, 0.5) is 4.79 Å². The number of rotatable bonds is 6. The summed E-state index contributed by atoms with van der Waals surface area (Å²) in [6, 6.07) is 17.2. The van der Waals surface area contributed by atoms with Crippen molar-refractivity contribution in [1.82, 2.24) is 14.8 Å². The van der Waals surface area contributed by atoms with E-state index in [1.165, 1.54) is 42.0 Å². The highest BCUT2D eigenvalue weighted by molar-refractivity contribution is 9.10. The maximum atomic E-state index is 13.7. The summed E-state index contributed by atoms with van der Waals surface area (Å²) in [5.41, 5.74) is 2.65. The number of ether oxygens (including phenoxy) is 1. The summed E-state index contributed by atoms with van der Waals surface area (Å²) >= 11 is 3.31. The smallest absolute Gasteiger partial charge is 0.419 e. The average molecular weight is 681 g/mol. The minimum atomic E-state index is -4.17. The van der Waals surface area contributed by atoms with Crippen LogP contribution in [0.25, 0.3) is 22.2 Å². The van der Waals surface area contributed by atoms with Gasteiger partial charge in [-0.25, -0.2) is 9.36 Å². The lowest BCUT2D eigenvalue weighted by molar-refractivity contribution is 0.0547. The molecule has 2 aliphatic heterocycles. The number of halogens is 1. The van der Waals surface area contributed by atoms with Crippen LogP contribution in [-0.2, 0) is 27.9 Å². The van der Waals surface area contributed by atoms with Gasteiger partial charge >= 0.3 is 16.2 Å². The van der Waals surface area contributed by atoms with Gasteiger partial charge in [0.05, 0.1) is 16.8 Å². The molecule has 1 saturated heterocycles. The van der Waals surface area contributed by atoms with Crippen molar-refractivity contribution >= 4 is 49.0 Å². The summed E-state index contributed by atoms with van der Waals surface area (Å²) in [7, 11) is -4.17. The van der Waals surface area contributed by atoms with Crippen molar-refractivity contribution in [2.45, 2.75) is 63.6 Å². The number of amides is 1. The summed E-state index contributed by atoms with van der Waals surface area (Å²) < 4.78 is 39.8. The van der Waals surface area contributed by atoms with Gasteiger partial charge in [-0.2, -0.15) is 8.42 Å². The highest BCUT2D eigenvalue weighted by Gasteiger charge is 2.32. The second-order valence-electron chi connectivity index (χ2n) is 12.2. The van der Waals surface area contributed by atoms with Crippen LogP contribution in [-0.4, -0.2) is 48.6 Å². The molecule has 1 fully saturated rings. The number of benzene rings is 3. The average Bonchev–Trinajstić information content (AvgIpc) is 3.54. The molecule has 11 heteroatoms. The van der Waals surface area contributed by atoms with E-state index in [-0.39, 0.29) is 28.7 Å². The zero-order valence-electron chi connectivity index (χ0n) is 24.9. The van der Waals surface area contributed by atoms with Crippen LogP contribution in [0.15, 0.2) is 70.0 Å². The van der Waals surface area contributed by atoms with Crippen molar-refractivity contribution < 1.29 is 26.9 Å². The molecule has 9 nitrogen and oxygen atoms in total. The molecule has 6 rings (SSSR count). The Morgan fingerprint density at radius 1 is 0.977 bits per heavy atom. The van der Waals surface area contributed by atoms with Crippen LogP contribution >= 0.6 is 15.9 Å². The second-order valence-corrected chi connectivity index (χ2v) is 14.7. The van der Waals surface area contributed by atoms with Crippen LogP contribution in [0, 0.1) is 0 Å².